The molecule has 0 aromatic carbocycles. The van der Waals surface area contributed by atoms with Crippen LogP contribution in [0.25, 0.3) is 5.78 Å². The Labute approximate surface area is 112 Å². The number of hydrogen-bond donors (Lipinski definition) is 1. The molecule has 0 spiro atoms. The normalized spacial score (nSPS) is 10.7. The molecule has 3 aromatic rings. The van der Waals surface area contributed by atoms with E-state index in [-0.39, 0.29) is 11.3 Å². The molecule has 0 aliphatic rings. The Morgan fingerprint density at radius 2 is 2.30 bits per heavy atom. The molecule has 0 amide bonds. The number of rotatable bonds is 3. The summed E-state index contributed by atoms with van der Waals surface area (Å²) >= 11 is 0. The van der Waals surface area contributed by atoms with E-state index >= 15 is 0 Å². The molecule has 0 saturated heterocycles. The van der Waals surface area contributed by atoms with Crippen LogP contribution < -0.4 is 4.74 Å². The fraction of sp³-hybridized carbons (Fsp3) is 0.0833. The van der Waals surface area contributed by atoms with Gasteiger partial charge in [-0.2, -0.15) is 14.6 Å². The van der Waals surface area contributed by atoms with Crippen LogP contribution in [0.1, 0.15) is 16.1 Å². The minimum absolute atomic E-state index is 0.0164. The van der Waals surface area contributed by atoms with Gasteiger partial charge in [-0.1, -0.05) is 0 Å². The van der Waals surface area contributed by atoms with Gasteiger partial charge in [-0.15, -0.1) is 0 Å². The Morgan fingerprint density at radius 3 is 3.10 bits per heavy atom. The van der Waals surface area contributed by atoms with Crippen LogP contribution in [0.15, 0.2) is 30.9 Å². The van der Waals surface area contributed by atoms with Gasteiger partial charge in [0.05, 0.1) is 6.20 Å². The molecule has 0 radical (unpaired) electrons. The van der Waals surface area contributed by atoms with Gasteiger partial charge >= 0.3 is 5.97 Å². The number of hydrogen-bond acceptors (Lipinski definition) is 6. The summed E-state index contributed by atoms with van der Waals surface area (Å²) < 4.78 is 6.98. The summed E-state index contributed by atoms with van der Waals surface area (Å²) in [7, 11) is 0. The summed E-state index contributed by atoms with van der Waals surface area (Å²) in [6, 6.07) is 3.00. The SMILES string of the molecule is Cc1cc(Oc2cnccc2C(=O)O)n2ncnc2n1. The number of carboxylic acid groups (broad SMARTS) is 1. The Morgan fingerprint density at radius 1 is 1.45 bits per heavy atom. The molecule has 3 rings (SSSR count). The zero-order valence-electron chi connectivity index (χ0n) is 10.4. The first kappa shape index (κ1) is 12.0. The van der Waals surface area contributed by atoms with E-state index in [0.717, 1.165) is 0 Å². The molecule has 0 fully saturated rings. The molecule has 0 unspecified atom stereocenters. The van der Waals surface area contributed by atoms with Crippen LogP contribution in [0.5, 0.6) is 11.6 Å². The summed E-state index contributed by atoms with van der Waals surface area (Å²) in [5, 5.41) is 13.1. The molecule has 1 N–H and O–H groups in total. The highest BCUT2D eigenvalue weighted by atomic mass is 16.5. The lowest BCUT2D eigenvalue weighted by Crippen LogP contribution is -2.04. The van der Waals surface area contributed by atoms with Gasteiger partial charge in [-0.05, 0) is 13.0 Å². The number of carbonyl (C=O) groups is 1. The first-order valence-corrected chi connectivity index (χ1v) is 5.67. The van der Waals surface area contributed by atoms with E-state index in [1.165, 1.54) is 29.3 Å². The fourth-order valence-corrected chi connectivity index (χ4v) is 1.72. The van der Waals surface area contributed by atoms with Crippen LogP contribution in [-0.4, -0.2) is 35.6 Å². The van der Waals surface area contributed by atoms with Crippen molar-refractivity contribution in [2.24, 2.45) is 0 Å². The van der Waals surface area contributed by atoms with Crippen molar-refractivity contribution < 1.29 is 14.6 Å². The van der Waals surface area contributed by atoms with E-state index in [1.807, 2.05) is 0 Å². The minimum Gasteiger partial charge on any atom is -0.478 e. The van der Waals surface area contributed by atoms with E-state index in [2.05, 4.69) is 20.1 Å². The largest absolute Gasteiger partial charge is 0.478 e. The summed E-state index contributed by atoms with van der Waals surface area (Å²) in [6.45, 7) is 1.78. The number of aryl methyl sites for hydroxylation is 1. The number of fused-ring (bicyclic) bond motifs is 1. The molecule has 100 valence electrons. The summed E-state index contributed by atoms with van der Waals surface area (Å²) in [4.78, 5) is 23.1. The lowest BCUT2D eigenvalue weighted by atomic mass is 10.2. The van der Waals surface area contributed by atoms with E-state index in [0.29, 0.717) is 17.4 Å². The van der Waals surface area contributed by atoms with Gasteiger partial charge < -0.3 is 9.84 Å². The number of pyridine rings is 1. The summed E-state index contributed by atoms with van der Waals surface area (Å²) in [5.74, 6) is -0.272. The predicted octanol–water partition coefficient (Wildman–Crippen LogP) is 1.32. The average Bonchev–Trinajstić information content (AvgIpc) is 2.87. The van der Waals surface area contributed by atoms with Crippen LogP contribution in [0.4, 0.5) is 0 Å². The number of nitrogens with zero attached hydrogens (tertiary/aromatic N) is 5. The van der Waals surface area contributed by atoms with Gasteiger partial charge in [-0.25, -0.2) is 9.78 Å². The zero-order valence-corrected chi connectivity index (χ0v) is 10.4. The molecule has 0 aliphatic carbocycles. The molecule has 3 aromatic heterocycles. The van der Waals surface area contributed by atoms with E-state index < -0.39 is 5.97 Å². The van der Waals surface area contributed by atoms with Crippen molar-refractivity contribution in [1.29, 1.82) is 0 Å². The van der Waals surface area contributed by atoms with Crippen molar-refractivity contribution in [2.75, 3.05) is 0 Å². The second kappa shape index (κ2) is 4.57. The van der Waals surface area contributed by atoms with Crippen LogP contribution in [0.3, 0.4) is 0 Å². The van der Waals surface area contributed by atoms with Crippen molar-refractivity contribution in [2.45, 2.75) is 6.92 Å². The molecule has 8 heteroatoms. The Kier molecular flexibility index (Phi) is 2.75. The molecule has 3 heterocycles. The van der Waals surface area contributed by atoms with Gasteiger partial charge in [0.1, 0.15) is 11.9 Å². The highest BCUT2D eigenvalue weighted by molar-refractivity contribution is 5.90. The maximum absolute atomic E-state index is 11.1. The second-order valence-electron chi connectivity index (χ2n) is 3.99. The van der Waals surface area contributed by atoms with Crippen molar-refractivity contribution in [3.63, 3.8) is 0 Å². The molecule has 0 saturated carbocycles. The fourth-order valence-electron chi connectivity index (χ4n) is 1.72. The van der Waals surface area contributed by atoms with Gasteiger partial charge in [0, 0.05) is 18.0 Å². The van der Waals surface area contributed by atoms with Crippen LogP contribution >= 0.6 is 0 Å². The van der Waals surface area contributed by atoms with E-state index in [4.69, 9.17) is 9.84 Å². The quantitative estimate of drug-likeness (QED) is 0.766. The molecule has 0 atom stereocenters. The Balaban J connectivity index is 2.10. The minimum atomic E-state index is -1.09. The third-order valence-electron chi connectivity index (χ3n) is 2.58. The van der Waals surface area contributed by atoms with Crippen molar-refractivity contribution in [3.05, 3.63) is 42.1 Å². The zero-order chi connectivity index (χ0) is 14.1. The average molecular weight is 271 g/mol. The highest BCUT2D eigenvalue weighted by Gasteiger charge is 2.14. The van der Waals surface area contributed by atoms with Crippen molar-refractivity contribution in [3.8, 4) is 11.6 Å². The maximum Gasteiger partial charge on any atom is 0.339 e. The number of aromatic carboxylic acids is 1. The van der Waals surface area contributed by atoms with Crippen molar-refractivity contribution in [1.82, 2.24) is 24.6 Å². The van der Waals surface area contributed by atoms with Gasteiger partial charge in [0.15, 0.2) is 5.75 Å². The number of ether oxygens (including phenoxy) is 1. The first-order valence-electron chi connectivity index (χ1n) is 5.67. The molecule has 8 nitrogen and oxygen atoms in total. The molecular formula is C12H9N5O3. The molecule has 20 heavy (non-hydrogen) atoms. The van der Waals surface area contributed by atoms with Gasteiger partial charge in [0.2, 0.25) is 5.88 Å². The van der Waals surface area contributed by atoms with Gasteiger partial charge in [0.25, 0.3) is 5.78 Å². The van der Waals surface area contributed by atoms with Crippen molar-refractivity contribution >= 4 is 11.7 Å². The lowest BCUT2D eigenvalue weighted by Gasteiger charge is -2.09. The topological polar surface area (TPSA) is 102 Å². The molecule has 0 bridgehead atoms. The van der Waals surface area contributed by atoms with E-state index in [9.17, 15) is 4.79 Å². The monoisotopic (exact) mass is 271 g/mol. The van der Waals surface area contributed by atoms with Crippen LogP contribution in [0, 0.1) is 6.92 Å². The standard InChI is InChI=1S/C12H9N5O3/c1-7-4-10(17-12(16-7)14-6-15-17)20-9-5-13-3-2-8(9)11(18)19/h2-6H,1H3,(H,18,19). The van der Waals surface area contributed by atoms with Crippen LogP contribution in [-0.2, 0) is 0 Å². The third kappa shape index (κ3) is 2.03. The first-order chi connectivity index (χ1) is 9.65. The van der Waals surface area contributed by atoms with Crippen LogP contribution in [0.2, 0.25) is 0 Å². The third-order valence-corrected chi connectivity index (χ3v) is 2.58. The Bertz CT molecular complexity index is 799. The number of aromatic nitrogens is 5. The Hall–Kier alpha value is -3.03. The second-order valence-corrected chi connectivity index (χ2v) is 3.99. The lowest BCUT2D eigenvalue weighted by molar-refractivity contribution is 0.0694. The maximum atomic E-state index is 11.1. The predicted molar refractivity (Wildman–Crippen MR) is 66.8 cm³/mol. The smallest absolute Gasteiger partial charge is 0.339 e. The summed E-state index contributed by atoms with van der Waals surface area (Å²) in [5.41, 5.74) is 0.698. The number of carboxylic acids is 1. The summed E-state index contributed by atoms with van der Waals surface area (Å²) in [6.07, 6.45) is 4.07. The van der Waals surface area contributed by atoms with E-state index in [1.54, 1.807) is 13.0 Å². The molecule has 0 aliphatic heterocycles. The highest BCUT2D eigenvalue weighted by Crippen LogP contribution is 2.24. The van der Waals surface area contributed by atoms with Gasteiger partial charge in [-0.3, -0.25) is 4.98 Å². The molecular weight excluding hydrogens is 262 g/mol.